The van der Waals surface area contributed by atoms with Crippen molar-refractivity contribution in [2.24, 2.45) is 0 Å². The molecule has 5 nitrogen and oxygen atoms in total. The van der Waals surface area contributed by atoms with E-state index in [1.54, 1.807) is 32.4 Å². The molecule has 1 atom stereocenters. The third-order valence-electron chi connectivity index (χ3n) is 4.29. The van der Waals surface area contributed by atoms with E-state index in [9.17, 15) is 4.79 Å². The molecule has 0 aliphatic carbocycles. The predicted molar refractivity (Wildman–Crippen MR) is 101 cm³/mol. The molecule has 0 aliphatic rings. The molecule has 26 heavy (non-hydrogen) atoms. The van der Waals surface area contributed by atoms with Gasteiger partial charge in [-0.3, -0.25) is 4.79 Å². The lowest BCUT2D eigenvalue weighted by Crippen LogP contribution is -2.26. The number of carbonyl (C=O) groups excluding carboxylic acids is 1. The summed E-state index contributed by atoms with van der Waals surface area (Å²) in [7, 11) is 3.12. The normalized spacial score (nSPS) is 11.7. The topological polar surface area (TPSA) is 52.5 Å². The first-order valence-electron chi connectivity index (χ1n) is 8.38. The number of rotatable bonds is 6. The van der Waals surface area contributed by atoms with E-state index in [1.165, 1.54) is 0 Å². The van der Waals surface area contributed by atoms with Crippen molar-refractivity contribution in [3.63, 3.8) is 0 Å². The van der Waals surface area contributed by atoms with Gasteiger partial charge in [-0.05, 0) is 55.0 Å². The van der Waals surface area contributed by atoms with Gasteiger partial charge in [-0.15, -0.1) is 0 Å². The van der Waals surface area contributed by atoms with E-state index in [4.69, 9.17) is 9.47 Å². The number of methoxy groups -OCH3 is 2. The Balaban J connectivity index is 1.71. The zero-order valence-corrected chi connectivity index (χ0v) is 15.1. The molecule has 1 unspecified atom stereocenters. The van der Waals surface area contributed by atoms with Gasteiger partial charge in [-0.1, -0.05) is 12.1 Å². The highest BCUT2D eigenvalue weighted by Gasteiger charge is 2.14. The van der Waals surface area contributed by atoms with Crippen LogP contribution in [0.2, 0.25) is 0 Å². The lowest BCUT2D eigenvalue weighted by molar-refractivity contribution is 0.0939. The molecule has 0 saturated carbocycles. The third kappa shape index (κ3) is 3.72. The average molecular weight is 350 g/mol. The summed E-state index contributed by atoms with van der Waals surface area (Å²) in [6, 6.07) is 17.1. The molecule has 5 heteroatoms. The highest BCUT2D eigenvalue weighted by atomic mass is 16.5. The van der Waals surface area contributed by atoms with Gasteiger partial charge in [0.25, 0.3) is 5.91 Å². The van der Waals surface area contributed by atoms with E-state index >= 15 is 0 Å². The molecule has 1 aromatic heterocycles. The molecule has 1 amide bonds. The lowest BCUT2D eigenvalue weighted by atomic mass is 10.1. The summed E-state index contributed by atoms with van der Waals surface area (Å²) in [6.45, 7) is 1.96. The summed E-state index contributed by atoms with van der Waals surface area (Å²) in [6.07, 6.45) is 3.99. The smallest absolute Gasteiger partial charge is 0.251 e. The standard InChI is InChI=1S/C21H22N2O3/c1-15(16-6-9-18(10-7-16)23-12-4-5-13-23)22-21(24)17-8-11-19(25-2)20(14-17)26-3/h4-15H,1-3H3,(H,22,24). The summed E-state index contributed by atoms with van der Waals surface area (Å²) >= 11 is 0. The van der Waals surface area contributed by atoms with Crippen molar-refractivity contribution in [3.8, 4) is 17.2 Å². The SMILES string of the molecule is COc1ccc(C(=O)NC(C)c2ccc(-n3cccc3)cc2)cc1OC. The summed E-state index contributed by atoms with van der Waals surface area (Å²) in [4.78, 5) is 12.5. The van der Waals surface area contributed by atoms with Crippen molar-refractivity contribution >= 4 is 5.91 Å². The van der Waals surface area contributed by atoms with Crippen LogP contribution in [0.1, 0.15) is 28.9 Å². The molecule has 0 spiro atoms. The average Bonchev–Trinajstić information content (AvgIpc) is 3.22. The van der Waals surface area contributed by atoms with E-state index in [1.807, 2.05) is 60.3 Å². The van der Waals surface area contributed by atoms with Crippen LogP contribution >= 0.6 is 0 Å². The number of hydrogen-bond acceptors (Lipinski definition) is 3. The van der Waals surface area contributed by atoms with Gasteiger partial charge >= 0.3 is 0 Å². The Hall–Kier alpha value is -3.21. The fourth-order valence-corrected chi connectivity index (χ4v) is 2.78. The molecule has 3 aromatic rings. The van der Waals surface area contributed by atoms with Crippen molar-refractivity contribution in [1.82, 2.24) is 9.88 Å². The Labute approximate surface area is 153 Å². The largest absolute Gasteiger partial charge is 0.493 e. The van der Waals surface area contributed by atoms with E-state index in [-0.39, 0.29) is 11.9 Å². The Morgan fingerprint density at radius 1 is 0.962 bits per heavy atom. The first kappa shape index (κ1) is 17.6. The van der Waals surface area contributed by atoms with Gasteiger partial charge in [0, 0.05) is 23.6 Å². The van der Waals surface area contributed by atoms with E-state index in [0.29, 0.717) is 17.1 Å². The van der Waals surface area contributed by atoms with E-state index in [0.717, 1.165) is 11.3 Å². The van der Waals surface area contributed by atoms with Gasteiger partial charge in [0.15, 0.2) is 11.5 Å². The number of benzene rings is 2. The molecule has 2 aromatic carbocycles. The number of hydrogen-bond donors (Lipinski definition) is 1. The first-order valence-corrected chi connectivity index (χ1v) is 8.38. The van der Waals surface area contributed by atoms with Crippen molar-refractivity contribution in [1.29, 1.82) is 0 Å². The third-order valence-corrected chi connectivity index (χ3v) is 4.29. The molecule has 0 aliphatic heterocycles. The lowest BCUT2D eigenvalue weighted by Gasteiger charge is -2.16. The molecular formula is C21H22N2O3. The van der Waals surface area contributed by atoms with Gasteiger partial charge in [-0.25, -0.2) is 0 Å². The predicted octanol–water partition coefficient (Wildman–Crippen LogP) is 3.99. The van der Waals surface area contributed by atoms with Crippen LogP contribution < -0.4 is 14.8 Å². The fourth-order valence-electron chi connectivity index (χ4n) is 2.78. The number of nitrogens with one attached hydrogen (secondary N) is 1. The van der Waals surface area contributed by atoms with Gasteiger partial charge in [0.2, 0.25) is 0 Å². The van der Waals surface area contributed by atoms with Crippen molar-refractivity contribution in [2.45, 2.75) is 13.0 Å². The fraction of sp³-hybridized carbons (Fsp3) is 0.190. The van der Waals surface area contributed by atoms with Crippen molar-refractivity contribution in [3.05, 3.63) is 78.1 Å². The molecule has 1 heterocycles. The minimum Gasteiger partial charge on any atom is -0.493 e. The molecule has 1 N–H and O–H groups in total. The van der Waals surface area contributed by atoms with Crippen LogP contribution in [-0.2, 0) is 0 Å². The van der Waals surface area contributed by atoms with E-state index in [2.05, 4.69) is 5.32 Å². The molecule has 3 rings (SSSR count). The number of amides is 1. The monoisotopic (exact) mass is 350 g/mol. The minimum absolute atomic E-state index is 0.116. The maximum atomic E-state index is 12.5. The summed E-state index contributed by atoms with van der Waals surface area (Å²) in [5, 5.41) is 3.01. The summed E-state index contributed by atoms with van der Waals surface area (Å²) < 4.78 is 12.5. The molecule has 134 valence electrons. The van der Waals surface area contributed by atoms with Crippen LogP contribution in [0.4, 0.5) is 0 Å². The summed E-state index contributed by atoms with van der Waals surface area (Å²) in [5.74, 6) is 0.967. The van der Waals surface area contributed by atoms with Gasteiger partial charge in [0.05, 0.1) is 20.3 Å². The second-order valence-electron chi connectivity index (χ2n) is 5.95. The van der Waals surface area contributed by atoms with Gasteiger partial charge in [0.1, 0.15) is 0 Å². The molecule has 0 fully saturated rings. The Morgan fingerprint density at radius 3 is 2.23 bits per heavy atom. The molecular weight excluding hydrogens is 328 g/mol. The number of carbonyl (C=O) groups is 1. The molecule has 0 saturated heterocycles. The highest BCUT2D eigenvalue weighted by Crippen LogP contribution is 2.27. The van der Waals surface area contributed by atoms with Crippen LogP contribution in [0, 0.1) is 0 Å². The van der Waals surface area contributed by atoms with Crippen LogP contribution in [0.25, 0.3) is 5.69 Å². The number of ether oxygens (including phenoxy) is 2. The molecule has 0 radical (unpaired) electrons. The van der Waals surface area contributed by atoms with Crippen LogP contribution in [0.3, 0.4) is 0 Å². The van der Waals surface area contributed by atoms with Crippen LogP contribution in [0.5, 0.6) is 11.5 Å². The van der Waals surface area contributed by atoms with Gasteiger partial charge < -0.3 is 19.4 Å². The second-order valence-corrected chi connectivity index (χ2v) is 5.95. The Kier molecular flexibility index (Phi) is 5.27. The maximum Gasteiger partial charge on any atom is 0.251 e. The van der Waals surface area contributed by atoms with E-state index < -0.39 is 0 Å². The Morgan fingerprint density at radius 2 is 1.62 bits per heavy atom. The minimum atomic E-state index is -0.159. The number of nitrogens with zero attached hydrogens (tertiary/aromatic N) is 1. The second kappa shape index (κ2) is 7.78. The zero-order valence-electron chi connectivity index (χ0n) is 15.1. The van der Waals surface area contributed by atoms with Gasteiger partial charge in [-0.2, -0.15) is 0 Å². The zero-order chi connectivity index (χ0) is 18.5. The summed E-state index contributed by atoms with van der Waals surface area (Å²) in [5.41, 5.74) is 2.64. The first-order chi connectivity index (χ1) is 12.6. The van der Waals surface area contributed by atoms with Crippen molar-refractivity contribution < 1.29 is 14.3 Å². The Bertz CT molecular complexity index is 871. The van der Waals surface area contributed by atoms with Crippen molar-refractivity contribution in [2.75, 3.05) is 14.2 Å². The van der Waals surface area contributed by atoms with Crippen LogP contribution in [0.15, 0.2) is 67.0 Å². The number of aromatic nitrogens is 1. The molecule has 0 bridgehead atoms. The maximum absolute atomic E-state index is 12.5. The highest BCUT2D eigenvalue weighted by molar-refractivity contribution is 5.95. The quantitative estimate of drug-likeness (QED) is 0.731. The van der Waals surface area contributed by atoms with Crippen LogP contribution in [-0.4, -0.2) is 24.7 Å².